The van der Waals surface area contributed by atoms with Crippen LogP contribution < -0.4 is 32.1 Å². The number of anilines is 4. The van der Waals surface area contributed by atoms with E-state index in [1.807, 2.05) is 4.90 Å². The molecular formula is C20H25N7Na2O6. The first-order chi connectivity index (χ1) is 15.7. The summed E-state index contributed by atoms with van der Waals surface area (Å²) >= 11 is 0. The second kappa shape index (κ2) is 13.7. The summed E-state index contributed by atoms with van der Waals surface area (Å²) in [7, 11) is 1.79. The number of fused-ring (bicyclic) bond motifs is 1. The largest absolute Gasteiger partial charge is 0.481 e. The normalized spacial score (nSPS) is 14.8. The van der Waals surface area contributed by atoms with Crippen LogP contribution in [-0.4, -0.2) is 129 Å². The van der Waals surface area contributed by atoms with E-state index in [9.17, 15) is 24.3 Å². The van der Waals surface area contributed by atoms with Gasteiger partial charge in [-0.05, 0) is 30.7 Å². The molecule has 2 aromatic rings. The van der Waals surface area contributed by atoms with E-state index >= 15 is 0 Å². The first-order valence-corrected chi connectivity index (χ1v) is 10.1. The summed E-state index contributed by atoms with van der Waals surface area (Å²) in [6.07, 6.45) is -0.586. The molecule has 0 saturated carbocycles. The van der Waals surface area contributed by atoms with Crippen LogP contribution in [-0.2, 0) is 9.59 Å². The number of carboxylic acids is 2. The third-order valence-electron chi connectivity index (χ3n) is 5.26. The van der Waals surface area contributed by atoms with Crippen molar-refractivity contribution in [2.45, 2.75) is 24.9 Å². The summed E-state index contributed by atoms with van der Waals surface area (Å²) < 4.78 is 0. The van der Waals surface area contributed by atoms with Gasteiger partial charge in [0.1, 0.15) is 11.7 Å². The number of nitrogens with two attached hydrogens (primary N) is 1. The average molecular weight is 505 g/mol. The molecule has 0 fully saturated rings. The van der Waals surface area contributed by atoms with Crippen LogP contribution in [0.4, 0.5) is 23.1 Å². The maximum Gasteiger partial charge on any atom is 0.326 e. The molecule has 1 aromatic carbocycles. The summed E-state index contributed by atoms with van der Waals surface area (Å²) in [6, 6.07) is 5.03. The number of nitrogens with one attached hydrogen (secondary N) is 4. The minimum Gasteiger partial charge on any atom is -0.481 e. The van der Waals surface area contributed by atoms with E-state index < -0.39 is 23.9 Å². The van der Waals surface area contributed by atoms with Crippen LogP contribution in [0.25, 0.3) is 0 Å². The van der Waals surface area contributed by atoms with E-state index in [1.54, 1.807) is 19.2 Å². The van der Waals surface area contributed by atoms with Gasteiger partial charge in [0, 0.05) is 96.9 Å². The first-order valence-electron chi connectivity index (χ1n) is 10.1. The molecule has 8 N–H and O–H groups in total. The van der Waals surface area contributed by atoms with Crippen LogP contribution in [0.3, 0.4) is 0 Å². The van der Waals surface area contributed by atoms with E-state index in [-0.39, 0.29) is 95.1 Å². The van der Waals surface area contributed by atoms with Crippen molar-refractivity contribution < 1.29 is 24.6 Å². The van der Waals surface area contributed by atoms with Crippen LogP contribution in [0.5, 0.6) is 0 Å². The Balaban J connectivity index is 0.00000306. The number of hydrogen-bond acceptors (Lipinski definition) is 9. The third-order valence-corrected chi connectivity index (χ3v) is 5.26. The number of aromatic amines is 1. The standard InChI is InChI=1S/C20H25N7O6.2Na/c1-27-12(9-23-16-15(27)18(31)26-20(21)25-16)8-22-11-4-2-10(3-5-11)17(30)24-13(19(32)33)6-7-14(28)29;;/h2-5,12-13,22H,6-9H2,1H3,(H,24,30)(H,28,29)(H,32,33)(H4,21,23,25,26,31);;/t12-,13-;;/m0../s1. The predicted octanol–water partition coefficient (Wildman–Crippen LogP) is -1.02. The Morgan fingerprint density at radius 1 is 1.23 bits per heavy atom. The van der Waals surface area contributed by atoms with Gasteiger partial charge in [-0.15, -0.1) is 0 Å². The van der Waals surface area contributed by atoms with Gasteiger partial charge in [0.25, 0.3) is 11.5 Å². The zero-order valence-electron chi connectivity index (χ0n) is 19.8. The summed E-state index contributed by atoms with van der Waals surface area (Å²) in [6.45, 7) is 1.01. The van der Waals surface area contributed by atoms with Crippen LogP contribution in [0.15, 0.2) is 29.1 Å². The number of carboxylic acid groups (broad SMARTS) is 2. The van der Waals surface area contributed by atoms with Gasteiger partial charge >= 0.3 is 11.9 Å². The minimum atomic E-state index is -1.30. The van der Waals surface area contributed by atoms with Crippen LogP contribution >= 0.6 is 0 Å². The number of aliphatic carboxylic acids is 2. The van der Waals surface area contributed by atoms with Gasteiger partial charge in [0.2, 0.25) is 5.95 Å². The molecule has 1 amide bonds. The van der Waals surface area contributed by atoms with Gasteiger partial charge < -0.3 is 36.8 Å². The SMILES string of the molecule is CN1c2c(nc(N)[nH]c2=O)NC[C@@H]1CNc1ccc(C(=O)N[C@@H](CCC(=O)O)C(=O)O)cc1.[Na].[Na]. The number of H-pyrrole nitrogens is 1. The molecule has 3 rings (SSSR count). The molecule has 0 saturated heterocycles. The molecule has 178 valence electrons. The maximum atomic E-state index is 12.3. The molecule has 35 heavy (non-hydrogen) atoms. The number of carbonyl (C=O) groups is 3. The number of carbonyl (C=O) groups excluding carboxylic acids is 1. The fourth-order valence-electron chi connectivity index (χ4n) is 3.42. The monoisotopic (exact) mass is 505 g/mol. The minimum absolute atomic E-state index is 0. The van der Waals surface area contributed by atoms with E-state index in [1.165, 1.54) is 12.1 Å². The molecule has 2 heterocycles. The van der Waals surface area contributed by atoms with E-state index in [4.69, 9.17) is 10.8 Å². The number of rotatable bonds is 9. The molecule has 2 radical (unpaired) electrons. The Morgan fingerprint density at radius 3 is 2.49 bits per heavy atom. The Labute approximate surface area is 244 Å². The molecule has 1 aliphatic rings. The molecule has 1 aromatic heterocycles. The summed E-state index contributed by atoms with van der Waals surface area (Å²) in [5.41, 5.74) is 6.59. The quantitative estimate of drug-likeness (QED) is 0.206. The smallest absolute Gasteiger partial charge is 0.326 e. The van der Waals surface area contributed by atoms with E-state index in [0.717, 1.165) is 5.69 Å². The van der Waals surface area contributed by atoms with Crippen molar-refractivity contribution in [3.63, 3.8) is 0 Å². The Morgan fingerprint density at radius 2 is 1.89 bits per heavy atom. The first kappa shape index (κ1) is 30.7. The second-order valence-electron chi connectivity index (χ2n) is 7.55. The number of nitrogens with zero attached hydrogens (tertiary/aromatic N) is 2. The van der Waals surface area contributed by atoms with E-state index in [2.05, 4.69) is 25.9 Å². The number of hydrogen-bond donors (Lipinski definition) is 7. The van der Waals surface area contributed by atoms with Gasteiger partial charge in [-0.25, -0.2) is 4.79 Å². The Bertz CT molecular complexity index is 1110. The molecule has 0 spiro atoms. The Hall–Kier alpha value is -2.29. The zero-order chi connectivity index (χ0) is 24.1. The fourth-order valence-corrected chi connectivity index (χ4v) is 3.42. The third kappa shape index (κ3) is 8.12. The zero-order valence-corrected chi connectivity index (χ0v) is 23.8. The van der Waals surface area contributed by atoms with Crippen molar-refractivity contribution in [2.75, 3.05) is 41.4 Å². The molecule has 0 unspecified atom stereocenters. The predicted molar refractivity (Wildman–Crippen MR) is 132 cm³/mol. The number of amides is 1. The van der Waals surface area contributed by atoms with Crippen LogP contribution in [0.2, 0.25) is 0 Å². The second-order valence-corrected chi connectivity index (χ2v) is 7.55. The summed E-state index contributed by atoms with van der Waals surface area (Å²) in [4.78, 5) is 54.9. The molecule has 0 bridgehead atoms. The molecule has 2 atom stereocenters. The van der Waals surface area contributed by atoms with Gasteiger partial charge in [-0.3, -0.25) is 19.4 Å². The van der Waals surface area contributed by atoms with Crippen molar-refractivity contribution in [3.05, 3.63) is 40.2 Å². The van der Waals surface area contributed by atoms with Gasteiger partial charge in [0.05, 0.1) is 6.04 Å². The number of likely N-dealkylation sites (N-methyl/N-ethyl adjacent to an activating group) is 1. The van der Waals surface area contributed by atoms with Crippen LogP contribution in [0, 0.1) is 0 Å². The maximum absolute atomic E-state index is 12.3. The number of nitrogen functional groups attached to an aromatic ring is 1. The molecule has 0 aliphatic carbocycles. The summed E-state index contributed by atoms with van der Waals surface area (Å²) in [5.74, 6) is -2.59. The molecule has 13 nitrogen and oxygen atoms in total. The van der Waals surface area contributed by atoms with Crippen molar-refractivity contribution in [3.8, 4) is 0 Å². The van der Waals surface area contributed by atoms with Crippen molar-refractivity contribution in [2.24, 2.45) is 0 Å². The molecular weight excluding hydrogens is 480 g/mol. The number of aromatic nitrogens is 2. The average Bonchev–Trinajstić information content (AvgIpc) is 2.75. The van der Waals surface area contributed by atoms with Crippen molar-refractivity contribution >= 4 is 100 Å². The molecule has 1 aliphatic heterocycles. The van der Waals surface area contributed by atoms with Gasteiger partial charge in [-0.2, -0.15) is 4.98 Å². The number of benzene rings is 1. The fraction of sp³-hybridized carbons (Fsp3) is 0.350. The Kier molecular flexibility index (Phi) is 12.0. The topological polar surface area (TPSA) is 203 Å². The van der Waals surface area contributed by atoms with Crippen molar-refractivity contribution in [1.29, 1.82) is 0 Å². The summed E-state index contributed by atoms with van der Waals surface area (Å²) in [5, 5.41) is 26.6. The van der Waals surface area contributed by atoms with Gasteiger partial charge in [-0.1, -0.05) is 0 Å². The van der Waals surface area contributed by atoms with Crippen LogP contribution in [0.1, 0.15) is 23.2 Å². The van der Waals surface area contributed by atoms with Gasteiger partial charge in [0.15, 0.2) is 5.82 Å². The molecule has 15 heteroatoms. The van der Waals surface area contributed by atoms with E-state index in [0.29, 0.717) is 24.6 Å². The van der Waals surface area contributed by atoms with Crippen molar-refractivity contribution in [1.82, 2.24) is 15.3 Å².